The van der Waals surface area contributed by atoms with Crippen LogP contribution in [0.5, 0.6) is 0 Å². The Kier molecular flexibility index (Phi) is 7.56. The van der Waals surface area contributed by atoms with Gasteiger partial charge in [0.1, 0.15) is 5.60 Å². The van der Waals surface area contributed by atoms with Gasteiger partial charge in [0.05, 0.1) is 0 Å². The van der Waals surface area contributed by atoms with E-state index in [0.717, 1.165) is 6.42 Å². The molecule has 130 valence electrons. The highest BCUT2D eigenvalue weighted by Crippen LogP contribution is 2.09. The molecule has 0 radical (unpaired) electrons. The van der Waals surface area contributed by atoms with E-state index in [2.05, 4.69) is 55.7 Å². The number of ether oxygens (including phenoxy) is 1. The average Bonchev–Trinajstić information content (AvgIpc) is 2.42. The Morgan fingerprint density at radius 2 is 1.74 bits per heavy atom. The lowest BCUT2D eigenvalue weighted by molar-refractivity contribution is 0.0518. The van der Waals surface area contributed by atoms with Crippen molar-refractivity contribution in [2.24, 2.45) is 5.92 Å². The second-order valence-corrected chi connectivity index (χ2v) is 7.49. The maximum Gasteiger partial charge on any atom is 0.407 e. The first-order valence-electron chi connectivity index (χ1n) is 8.44. The monoisotopic (exact) mass is 320 g/mol. The summed E-state index contributed by atoms with van der Waals surface area (Å²) in [7, 11) is 0. The normalized spacial score (nSPS) is 14.4. The lowest BCUT2D eigenvalue weighted by Crippen LogP contribution is -2.48. The largest absolute Gasteiger partial charge is 0.444 e. The molecular weight excluding hydrogens is 288 g/mol. The van der Waals surface area contributed by atoms with E-state index in [1.165, 1.54) is 5.56 Å². The van der Waals surface area contributed by atoms with Gasteiger partial charge in [0.2, 0.25) is 0 Å². The van der Waals surface area contributed by atoms with Crippen LogP contribution in [-0.4, -0.2) is 30.3 Å². The first-order chi connectivity index (χ1) is 10.7. The molecule has 4 heteroatoms. The summed E-state index contributed by atoms with van der Waals surface area (Å²) in [5, 5.41) is 6.48. The fourth-order valence-corrected chi connectivity index (χ4v) is 2.39. The highest BCUT2D eigenvalue weighted by molar-refractivity contribution is 5.67. The zero-order valence-electron chi connectivity index (χ0n) is 15.3. The third kappa shape index (κ3) is 8.60. The minimum Gasteiger partial charge on any atom is -0.444 e. The molecule has 1 aromatic carbocycles. The third-order valence-corrected chi connectivity index (χ3v) is 3.55. The Balaban J connectivity index is 2.47. The number of hydrogen-bond acceptors (Lipinski definition) is 3. The Hall–Kier alpha value is -1.55. The fraction of sp³-hybridized carbons (Fsp3) is 0.632. The molecule has 0 saturated carbocycles. The lowest BCUT2D eigenvalue weighted by Gasteiger charge is -2.27. The van der Waals surface area contributed by atoms with Gasteiger partial charge in [-0.25, -0.2) is 4.79 Å². The van der Waals surface area contributed by atoms with E-state index in [4.69, 9.17) is 4.74 Å². The summed E-state index contributed by atoms with van der Waals surface area (Å²) in [4.78, 5) is 11.8. The van der Waals surface area contributed by atoms with Crippen LogP contribution in [0.1, 0.15) is 47.1 Å². The summed E-state index contributed by atoms with van der Waals surface area (Å²) >= 11 is 0. The molecular formula is C19H32N2O2. The number of nitrogens with one attached hydrogen (secondary N) is 2. The maximum atomic E-state index is 11.8. The van der Waals surface area contributed by atoms with E-state index in [1.54, 1.807) is 0 Å². The Morgan fingerprint density at radius 1 is 1.13 bits per heavy atom. The molecule has 0 fully saturated rings. The van der Waals surface area contributed by atoms with E-state index < -0.39 is 5.60 Å². The first-order valence-corrected chi connectivity index (χ1v) is 8.44. The van der Waals surface area contributed by atoms with Crippen molar-refractivity contribution in [1.29, 1.82) is 0 Å². The van der Waals surface area contributed by atoms with Gasteiger partial charge in [-0.1, -0.05) is 44.2 Å². The van der Waals surface area contributed by atoms with Gasteiger partial charge < -0.3 is 15.4 Å². The number of carbonyl (C=O) groups excluding carboxylic acids is 1. The zero-order valence-corrected chi connectivity index (χ0v) is 15.3. The number of benzene rings is 1. The van der Waals surface area contributed by atoms with Gasteiger partial charge in [0.25, 0.3) is 0 Å². The standard InChI is InChI=1S/C19H32N2O2/c1-14(2)17(13-20-18(22)23-19(4,5)6)21-15(3)12-16-10-8-7-9-11-16/h7-11,14-15,17,21H,12-13H2,1-6H3,(H,20,22). The van der Waals surface area contributed by atoms with Crippen LogP contribution in [0, 0.1) is 5.92 Å². The SMILES string of the molecule is CC(Cc1ccccc1)NC(CNC(=O)OC(C)(C)C)C(C)C. The molecule has 4 nitrogen and oxygen atoms in total. The van der Waals surface area contributed by atoms with Crippen molar-refractivity contribution >= 4 is 6.09 Å². The summed E-state index contributed by atoms with van der Waals surface area (Å²) in [6.07, 6.45) is 0.608. The lowest BCUT2D eigenvalue weighted by atomic mass is 10.0. The molecule has 0 heterocycles. The smallest absolute Gasteiger partial charge is 0.407 e. The van der Waals surface area contributed by atoms with Crippen molar-refractivity contribution in [2.45, 2.75) is 65.6 Å². The molecule has 0 aliphatic carbocycles. The molecule has 1 amide bonds. The van der Waals surface area contributed by atoms with Crippen molar-refractivity contribution in [3.8, 4) is 0 Å². The summed E-state index contributed by atoms with van der Waals surface area (Å²) in [5.41, 5.74) is 0.848. The second-order valence-electron chi connectivity index (χ2n) is 7.49. The number of carbonyl (C=O) groups is 1. The van der Waals surface area contributed by atoms with Crippen LogP contribution in [0.2, 0.25) is 0 Å². The summed E-state index contributed by atoms with van der Waals surface area (Å²) in [6.45, 7) is 12.7. The van der Waals surface area contributed by atoms with E-state index in [9.17, 15) is 4.79 Å². The van der Waals surface area contributed by atoms with Gasteiger partial charge >= 0.3 is 6.09 Å². The van der Waals surface area contributed by atoms with E-state index >= 15 is 0 Å². The molecule has 0 aliphatic rings. The van der Waals surface area contributed by atoms with Gasteiger partial charge in [-0.15, -0.1) is 0 Å². The van der Waals surface area contributed by atoms with E-state index in [-0.39, 0.29) is 12.1 Å². The van der Waals surface area contributed by atoms with Gasteiger partial charge in [0.15, 0.2) is 0 Å². The second kappa shape index (κ2) is 8.92. The predicted octanol–water partition coefficient (Wildman–Crippen LogP) is 3.76. The molecule has 0 aromatic heterocycles. The minimum atomic E-state index is -0.467. The molecule has 0 bridgehead atoms. The molecule has 1 aromatic rings. The topological polar surface area (TPSA) is 50.4 Å². The highest BCUT2D eigenvalue weighted by Gasteiger charge is 2.20. The Morgan fingerprint density at radius 3 is 2.26 bits per heavy atom. The van der Waals surface area contributed by atoms with Gasteiger partial charge in [-0.3, -0.25) is 0 Å². The molecule has 23 heavy (non-hydrogen) atoms. The van der Waals surface area contributed by atoms with Crippen LogP contribution in [0.3, 0.4) is 0 Å². The molecule has 0 aliphatic heterocycles. The summed E-state index contributed by atoms with van der Waals surface area (Å²) in [6, 6.07) is 11.0. The van der Waals surface area contributed by atoms with Gasteiger partial charge in [-0.2, -0.15) is 0 Å². The highest BCUT2D eigenvalue weighted by atomic mass is 16.6. The number of amides is 1. The maximum absolute atomic E-state index is 11.8. The zero-order chi connectivity index (χ0) is 17.5. The van der Waals surface area contributed by atoms with Crippen LogP contribution in [0.25, 0.3) is 0 Å². The molecule has 2 N–H and O–H groups in total. The van der Waals surface area contributed by atoms with Crippen molar-refractivity contribution in [1.82, 2.24) is 10.6 Å². The quantitative estimate of drug-likeness (QED) is 0.804. The third-order valence-electron chi connectivity index (χ3n) is 3.55. The number of alkyl carbamates (subject to hydrolysis) is 1. The van der Waals surface area contributed by atoms with Crippen LogP contribution in [-0.2, 0) is 11.2 Å². The Labute approximate surface area is 141 Å². The average molecular weight is 320 g/mol. The van der Waals surface area contributed by atoms with Crippen molar-refractivity contribution in [3.63, 3.8) is 0 Å². The Bertz CT molecular complexity index is 466. The number of hydrogen-bond donors (Lipinski definition) is 2. The predicted molar refractivity (Wildman–Crippen MR) is 95.6 cm³/mol. The van der Waals surface area contributed by atoms with Gasteiger partial charge in [-0.05, 0) is 45.6 Å². The van der Waals surface area contributed by atoms with E-state index in [1.807, 2.05) is 26.8 Å². The fourth-order valence-electron chi connectivity index (χ4n) is 2.39. The van der Waals surface area contributed by atoms with Crippen LogP contribution >= 0.6 is 0 Å². The molecule has 2 unspecified atom stereocenters. The van der Waals surface area contributed by atoms with Crippen LogP contribution < -0.4 is 10.6 Å². The summed E-state index contributed by atoms with van der Waals surface area (Å²) < 4.78 is 5.29. The first kappa shape index (κ1) is 19.5. The van der Waals surface area contributed by atoms with Crippen molar-refractivity contribution in [3.05, 3.63) is 35.9 Å². The van der Waals surface area contributed by atoms with Crippen LogP contribution in [0.4, 0.5) is 4.79 Å². The molecule has 0 saturated heterocycles. The number of rotatable bonds is 7. The minimum absolute atomic E-state index is 0.209. The molecule has 0 spiro atoms. The van der Waals surface area contributed by atoms with Crippen molar-refractivity contribution < 1.29 is 9.53 Å². The molecule has 1 rings (SSSR count). The molecule has 2 atom stereocenters. The summed E-state index contributed by atoms with van der Waals surface area (Å²) in [5.74, 6) is 0.420. The van der Waals surface area contributed by atoms with Gasteiger partial charge in [0, 0.05) is 18.6 Å². The van der Waals surface area contributed by atoms with E-state index in [0.29, 0.717) is 18.5 Å². The van der Waals surface area contributed by atoms with Crippen molar-refractivity contribution in [2.75, 3.05) is 6.54 Å². The van der Waals surface area contributed by atoms with Crippen LogP contribution in [0.15, 0.2) is 30.3 Å².